The molecular formula is C17H19N5O2S2. The highest BCUT2D eigenvalue weighted by atomic mass is 32.2. The highest BCUT2D eigenvalue weighted by Crippen LogP contribution is 2.20. The number of hydrogen-bond acceptors (Lipinski definition) is 7. The summed E-state index contributed by atoms with van der Waals surface area (Å²) in [5.74, 6) is 1.81. The number of aromatic nitrogens is 4. The number of carbonyl (C=O) groups excluding carboxylic acids is 1. The molecule has 2 heterocycles. The van der Waals surface area contributed by atoms with Gasteiger partial charge in [-0.25, -0.2) is 4.98 Å². The normalized spacial score (nSPS) is 10.7. The molecule has 0 atom stereocenters. The molecule has 7 nitrogen and oxygen atoms in total. The Morgan fingerprint density at radius 1 is 1.31 bits per heavy atom. The van der Waals surface area contributed by atoms with E-state index in [0.29, 0.717) is 16.7 Å². The van der Waals surface area contributed by atoms with E-state index in [-0.39, 0.29) is 11.7 Å². The Bertz CT molecular complexity index is 889. The quantitative estimate of drug-likeness (QED) is 0.626. The summed E-state index contributed by atoms with van der Waals surface area (Å²) in [4.78, 5) is 17.2. The van der Waals surface area contributed by atoms with Crippen LogP contribution in [-0.4, -0.2) is 38.5 Å². The number of anilines is 1. The van der Waals surface area contributed by atoms with Crippen LogP contribution in [0, 0.1) is 6.92 Å². The third-order valence-electron chi connectivity index (χ3n) is 3.65. The third-order valence-corrected chi connectivity index (χ3v) is 5.49. The molecule has 0 aliphatic carbocycles. The highest BCUT2D eigenvalue weighted by Gasteiger charge is 2.13. The number of benzene rings is 1. The average molecular weight is 390 g/mol. The summed E-state index contributed by atoms with van der Waals surface area (Å²) in [6.07, 6.45) is 2.40. The number of nitrogens with zero attached hydrogens (tertiary/aromatic N) is 4. The number of carbonyl (C=O) groups is 1. The molecule has 0 bridgehead atoms. The molecule has 136 valence electrons. The molecule has 9 heteroatoms. The van der Waals surface area contributed by atoms with Gasteiger partial charge >= 0.3 is 0 Å². The maximum Gasteiger partial charge on any atom is 0.236 e. The van der Waals surface area contributed by atoms with E-state index in [0.717, 1.165) is 22.0 Å². The minimum Gasteiger partial charge on any atom is -0.497 e. The fourth-order valence-corrected chi connectivity index (χ4v) is 3.66. The summed E-state index contributed by atoms with van der Waals surface area (Å²) in [5.41, 5.74) is 1.12. The summed E-state index contributed by atoms with van der Waals surface area (Å²) < 4.78 is 7.08. The van der Waals surface area contributed by atoms with Gasteiger partial charge in [-0.05, 0) is 24.6 Å². The van der Waals surface area contributed by atoms with Gasteiger partial charge < -0.3 is 14.6 Å². The minimum absolute atomic E-state index is 0.107. The Morgan fingerprint density at radius 2 is 2.08 bits per heavy atom. The van der Waals surface area contributed by atoms with Crippen molar-refractivity contribution in [1.29, 1.82) is 0 Å². The van der Waals surface area contributed by atoms with Crippen molar-refractivity contribution >= 4 is 34.1 Å². The van der Waals surface area contributed by atoms with Gasteiger partial charge in [-0.1, -0.05) is 23.9 Å². The van der Waals surface area contributed by atoms with Crippen molar-refractivity contribution in [3.63, 3.8) is 0 Å². The van der Waals surface area contributed by atoms with Gasteiger partial charge in [-0.15, -0.1) is 21.5 Å². The van der Waals surface area contributed by atoms with E-state index in [1.165, 1.54) is 23.1 Å². The zero-order valence-electron chi connectivity index (χ0n) is 14.7. The second-order valence-electron chi connectivity index (χ2n) is 5.60. The van der Waals surface area contributed by atoms with E-state index >= 15 is 0 Å². The van der Waals surface area contributed by atoms with Crippen LogP contribution in [0.4, 0.5) is 5.13 Å². The first-order chi connectivity index (χ1) is 12.5. The predicted molar refractivity (Wildman–Crippen MR) is 103 cm³/mol. The van der Waals surface area contributed by atoms with Crippen LogP contribution in [0.15, 0.2) is 35.6 Å². The van der Waals surface area contributed by atoms with Gasteiger partial charge in [0.2, 0.25) is 5.91 Å². The van der Waals surface area contributed by atoms with Crippen LogP contribution < -0.4 is 10.1 Å². The second-order valence-corrected chi connectivity index (χ2v) is 7.77. The lowest BCUT2D eigenvalue weighted by molar-refractivity contribution is -0.113. The largest absolute Gasteiger partial charge is 0.497 e. The van der Waals surface area contributed by atoms with Crippen molar-refractivity contribution in [1.82, 2.24) is 19.7 Å². The second kappa shape index (κ2) is 8.33. The van der Waals surface area contributed by atoms with Crippen LogP contribution in [0.1, 0.15) is 16.3 Å². The molecule has 3 rings (SSSR count). The van der Waals surface area contributed by atoms with Crippen molar-refractivity contribution < 1.29 is 9.53 Å². The molecule has 26 heavy (non-hydrogen) atoms. The van der Waals surface area contributed by atoms with Crippen molar-refractivity contribution in [2.45, 2.75) is 18.5 Å². The smallest absolute Gasteiger partial charge is 0.236 e. The molecule has 2 aromatic heterocycles. The first-order valence-corrected chi connectivity index (χ1v) is 9.71. The number of amides is 1. The molecule has 0 saturated carbocycles. The highest BCUT2D eigenvalue weighted by molar-refractivity contribution is 7.99. The zero-order chi connectivity index (χ0) is 18.5. The Balaban J connectivity index is 1.56. The lowest BCUT2D eigenvalue weighted by atomic mass is 10.1. The summed E-state index contributed by atoms with van der Waals surface area (Å²) in [6, 6.07) is 7.85. The van der Waals surface area contributed by atoms with E-state index in [2.05, 4.69) is 20.5 Å². The third kappa shape index (κ3) is 4.61. The van der Waals surface area contributed by atoms with Gasteiger partial charge in [-0.2, -0.15) is 0 Å². The first kappa shape index (κ1) is 18.4. The van der Waals surface area contributed by atoms with Crippen molar-refractivity contribution in [2.75, 3.05) is 18.2 Å². The van der Waals surface area contributed by atoms with E-state index in [4.69, 9.17) is 4.74 Å². The van der Waals surface area contributed by atoms with Crippen molar-refractivity contribution in [2.24, 2.45) is 7.05 Å². The van der Waals surface area contributed by atoms with Crippen LogP contribution in [0.2, 0.25) is 0 Å². The number of rotatable bonds is 7. The molecule has 0 saturated heterocycles. The first-order valence-electron chi connectivity index (χ1n) is 7.91. The van der Waals surface area contributed by atoms with E-state index < -0.39 is 0 Å². The van der Waals surface area contributed by atoms with Crippen LogP contribution >= 0.6 is 23.1 Å². The standard InChI is InChI=1S/C17H19N5O2S2/c1-11-9-18-16(26-11)19-15(23)10-25-17-21-20-14(22(17)2)8-12-4-6-13(24-3)7-5-12/h4-7,9H,8,10H2,1-3H3,(H,18,19,23). The zero-order valence-corrected chi connectivity index (χ0v) is 16.4. The maximum absolute atomic E-state index is 12.0. The van der Waals surface area contributed by atoms with E-state index in [9.17, 15) is 4.79 Å². The minimum atomic E-state index is -0.107. The number of aryl methyl sites for hydroxylation is 1. The molecular weight excluding hydrogens is 370 g/mol. The Hall–Kier alpha value is -2.39. The number of nitrogens with one attached hydrogen (secondary N) is 1. The van der Waals surface area contributed by atoms with Crippen LogP contribution in [0.25, 0.3) is 0 Å². The van der Waals surface area contributed by atoms with Crippen LogP contribution in [0.5, 0.6) is 5.75 Å². The summed E-state index contributed by atoms with van der Waals surface area (Å²) in [6.45, 7) is 1.95. The molecule has 0 aliphatic rings. The molecule has 3 aromatic rings. The van der Waals surface area contributed by atoms with Crippen molar-refractivity contribution in [3.8, 4) is 5.75 Å². The lowest BCUT2D eigenvalue weighted by Gasteiger charge is -2.05. The van der Waals surface area contributed by atoms with Gasteiger partial charge in [-0.3, -0.25) is 4.79 Å². The Morgan fingerprint density at radius 3 is 2.73 bits per heavy atom. The summed E-state index contributed by atoms with van der Waals surface area (Å²) in [5, 5.41) is 12.5. The van der Waals surface area contributed by atoms with E-state index in [1.54, 1.807) is 13.3 Å². The maximum atomic E-state index is 12.0. The van der Waals surface area contributed by atoms with Gasteiger partial charge in [0.05, 0.1) is 12.9 Å². The molecule has 1 aromatic carbocycles. The Kier molecular flexibility index (Phi) is 5.89. The number of thioether (sulfide) groups is 1. The predicted octanol–water partition coefficient (Wildman–Crippen LogP) is 2.91. The molecule has 1 amide bonds. The van der Waals surface area contributed by atoms with Gasteiger partial charge in [0.15, 0.2) is 10.3 Å². The average Bonchev–Trinajstić information content (AvgIpc) is 3.20. The molecule has 0 spiro atoms. The summed E-state index contributed by atoms with van der Waals surface area (Å²) in [7, 11) is 3.55. The molecule has 1 N–H and O–H groups in total. The van der Waals surface area contributed by atoms with Crippen LogP contribution in [0.3, 0.4) is 0 Å². The molecule has 0 fully saturated rings. The summed E-state index contributed by atoms with van der Waals surface area (Å²) >= 11 is 2.81. The van der Waals surface area contributed by atoms with Crippen molar-refractivity contribution in [3.05, 3.63) is 46.7 Å². The van der Waals surface area contributed by atoms with Crippen LogP contribution in [-0.2, 0) is 18.3 Å². The van der Waals surface area contributed by atoms with Gasteiger partial charge in [0.25, 0.3) is 0 Å². The monoisotopic (exact) mass is 389 g/mol. The molecule has 0 aliphatic heterocycles. The fraction of sp³-hybridized carbons (Fsp3) is 0.294. The van der Waals surface area contributed by atoms with Gasteiger partial charge in [0, 0.05) is 24.5 Å². The topological polar surface area (TPSA) is 81.9 Å². The lowest BCUT2D eigenvalue weighted by Crippen LogP contribution is -2.14. The van der Waals surface area contributed by atoms with E-state index in [1.807, 2.05) is 42.8 Å². The molecule has 0 radical (unpaired) electrons. The SMILES string of the molecule is COc1ccc(Cc2nnc(SCC(=O)Nc3ncc(C)s3)n2C)cc1. The number of methoxy groups -OCH3 is 1. The fourth-order valence-electron chi connectivity index (χ4n) is 2.25. The Labute approximate surface area is 159 Å². The molecule has 0 unspecified atom stereocenters. The van der Waals surface area contributed by atoms with Gasteiger partial charge in [0.1, 0.15) is 11.6 Å². The number of thiazole rings is 1. The number of hydrogen-bond donors (Lipinski definition) is 1. The number of ether oxygens (including phenoxy) is 1.